The molecule has 0 fully saturated rings. The van der Waals surface area contributed by atoms with Gasteiger partial charge in [0, 0.05) is 0 Å². The number of phenolic OH excluding ortho intramolecular Hbond substituents is 1. The molecule has 0 unspecified atom stereocenters. The topological polar surface area (TPSA) is 20.2 Å². The Morgan fingerprint density at radius 2 is 1.37 bits per heavy atom. The van der Waals surface area contributed by atoms with Crippen LogP contribution < -0.4 is 0 Å². The number of hydrogen-bond donors (Lipinski definition) is 1. The first-order valence-corrected chi connectivity index (χ1v) is 6.69. The summed E-state index contributed by atoms with van der Waals surface area (Å²) < 4.78 is 36.1. The molecule has 1 N–H and O–H groups in total. The molecule has 1 rings (SSSR count). The lowest BCUT2D eigenvalue weighted by Gasteiger charge is -2.07. The zero-order valence-electron chi connectivity index (χ0n) is 13.0. The molecular weight excluding hydrogens is 253 g/mol. The van der Waals surface area contributed by atoms with Gasteiger partial charge in [-0.25, -0.2) is 0 Å². The quantitative estimate of drug-likeness (QED) is 0.601. The van der Waals surface area contributed by atoms with Crippen LogP contribution in [-0.2, 0) is 6.18 Å². The van der Waals surface area contributed by atoms with E-state index in [4.69, 9.17) is 5.11 Å². The zero-order chi connectivity index (χ0) is 16.1. The Labute approximate surface area is 115 Å². The molecule has 1 nitrogen and oxygen atoms in total. The lowest BCUT2D eigenvalue weighted by molar-refractivity contribution is -0.137. The molecule has 1 aromatic carbocycles. The second-order valence-corrected chi connectivity index (χ2v) is 3.21. The third-order valence-electron chi connectivity index (χ3n) is 1.52. The van der Waals surface area contributed by atoms with Crippen LogP contribution in [0.15, 0.2) is 18.2 Å². The van der Waals surface area contributed by atoms with Crippen molar-refractivity contribution in [3.05, 3.63) is 29.3 Å². The Hall–Kier alpha value is -1.19. The Balaban J connectivity index is -0.000000313. The van der Waals surface area contributed by atoms with Crippen LogP contribution in [-0.4, -0.2) is 5.11 Å². The van der Waals surface area contributed by atoms with Crippen molar-refractivity contribution in [2.24, 2.45) is 0 Å². The summed E-state index contributed by atoms with van der Waals surface area (Å²) in [5.41, 5.74) is -0.511. The van der Waals surface area contributed by atoms with E-state index in [2.05, 4.69) is 13.8 Å². The summed E-state index contributed by atoms with van der Waals surface area (Å²) in [4.78, 5) is 0. The van der Waals surface area contributed by atoms with Crippen LogP contribution in [0.3, 0.4) is 0 Å². The van der Waals surface area contributed by atoms with Gasteiger partial charge in [0.05, 0.1) is 5.56 Å². The number of hydrogen-bond acceptors (Lipinski definition) is 1. The highest BCUT2D eigenvalue weighted by Gasteiger charge is 2.30. The largest absolute Gasteiger partial charge is 0.508 e. The van der Waals surface area contributed by atoms with Gasteiger partial charge in [0.25, 0.3) is 0 Å². The van der Waals surface area contributed by atoms with Crippen LogP contribution in [0.25, 0.3) is 0 Å². The lowest BCUT2D eigenvalue weighted by atomic mass is 10.1. The lowest BCUT2D eigenvalue weighted by Crippen LogP contribution is -2.04. The van der Waals surface area contributed by atoms with Gasteiger partial charge < -0.3 is 5.11 Å². The summed E-state index contributed by atoms with van der Waals surface area (Å²) in [6.07, 6.45) is -3.08. The molecule has 114 valence electrons. The molecule has 0 spiro atoms. The van der Waals surface area contributed by atoms with Crippen LogP contribution in [0.2, 0.25) is 0 Å². The van der Waals surface area contributed by atoms with E-state index >= 15 is 0 Å². The molecule has 4 heteroatoms. The number of aryl methyl sites for hydroxylation is 1. The van der Waals surface area contributed by atoms with Gasteiger partial charge in [-0.1, -0.05) is 48.0 Å². The van der Waals surface area contributed by atoms with Crippen molar-refractivity contribution in [3.8, 4) is 5.75 Å². The van der Waals surface area contributed by atoms with Gasteiger partial charge in [0.1, 0.15) is 5.75 Å². The number of benzene rings is 1. The fourth-order valence-corrected chi connectivity index (χ4v) is 0.832. The molecule has 0 amide bonds. The maximum absolute atomic E-state index is 12.0. The van der Waals surface area contributed by atoms with Gasteiger partial charge >= 0.3 is 6.18 Å². The van der Waals surface area contributed by atoms with Crippen LogP contribution >= 0.6 is 0 Å². The number of aromatic hydroxyl groups is 1. The van der Waals surface area contributed by atoms with E-state index < -0.39 is 11.7 Å². The second kappa shape index (κ2) is 13.2. The first kappa shape index (κ1) is 22.9. The average Bonchev–Trinajstić information content (AvgIpc) is 2.37. The number of alkyl halides is 3. The monoisotopic (exact) mass is 280 g/mol. The third kappa shape index (κ3) is 11.6. The molecule has 0 radical (unpaired) electrons. The van der Waals surface area contributed by atoms with Gasteiger partial charge in [-0.15, -0.1) is 0 Å². The van der Waals surface area contributed by atoms with Gasteiger partial charge in [-0.2, -0.15) is 13.2 Å². The molecule has 0 aromatic heterocycles. The maximum atomic E-state index is 12.0. The third-order valence-corrected chi connectivity index (χ3v) is 1.52. The summed E-state index contributed by atoms with van der Waals surface area (Å²) in [6.45, 7) is 13.7. The number of halogens is 3. The minimum atomic E-state index is -4.33. The normalized spacial score (nSPS) is 8.95. The smallest absolute Gasteiger partial charge is 0.416 e. The van der Waals surface area contributed by atoms with Crippen molar-refractivity contribution in [1.82, 2.24) is 0 Å². The Kier molecular flexibility index (Phi) is 16.0. The Morgan fingerprint density at radius 1 is 1.00 bits per heavy atom. The van der Waals surface area contributed by atoms with Gasteiger partial charge in [-0.3, -0.25) is 0 Å². The molecule has 0 saturated heterocycles. The fraction of sp³-hybridized carbons (Fsp3) is 0.600. The van der Waals surface area contributed by atoms with Crippen molar-refractivity contribution in [2.75, 3.05) is 0 Å². The van der Waals surface area contributed by atoms with Gasteiger partial charge in [-0.05, 0) is 30.7 Å². The molecule has 0 saturated carbocycles. The molecule has 0 aliphatic heterocycles. The first-order valence-electron chi connectivity index (χ1n) is 6.69. The zero-order valence-corrected chi connectivity index (χ0v) is 13.0. The summed E-state index contributed by atoms with van der Waals surface area (Å²) in [5, 5.41) is 8.94. The second-order valence-electron chi connectivity index (χ2n) is 3.21. The minimum Gasteiger partial charge on any atom is -0.508 e. The molecule has 0 heterocycles. The van der Waals surface area contributed by atoms with Crippen LogP contribution in [0, 0.1) is 6.92 Å². The molecule has 0 aliphatic rings. The maximum Gasteiger partial charge on any atom is 0.416 e. The van der Waals surface area contributed by atoms with Crippen LogP contribution in [0.1, 0.15) is 59.1 Å². The summed E-state index contributed by atoms with van der Waals surface area (Å²) >= 11 is 0. The van der Waals surface area contributed by atoms with E-state index in [1.165, 1.54) is 13.3 Å². The number of phenols is 1. The fourth-order valence-electron chi connectivity index (χ4n) is 0.832. The van der Waals surface area contributed by atoms with E-state index in [9.17, 15) is 13.2 Å². The first-order chi connectivity index (χ1) is 8.82. The van der Waals surface area contributed by atoms with Crippen LogP contribution in [0.5, 0.6) is 5.75 Å². The van der Waals surface area contributed by atoms with E-state index in [-0.39, 0.29) is 11.3 Å². The highest BCUT2D eigenvalue weighted by Crippen LogP contribution is 2.31. The van der Waals surface area contributed by atoms with E-state index in [1.807, 2.05) is 27.7 Å². The van der Waals surface area contributed by atoms with Crippen molar-refractivity contribution >= 4 is 0 Å². The Morgan fingerprint density at radius 3 is 1.63 bits per heavy atom. The molecule has 0 aliphatic carbocycles. The van der Waals surface area contributed by atoms with Crippen molar-refractivity contribution < 1.29 is 18.3 Å². The summed E-state index contributed by atoms with van der Waals surface area (Å²) in [5.74, 6) is -0.122. The molecule has 19 heavy (non-hydrogen) atoms. The van der Waals surface area contributed by atoms with Crippen molar-refractivity contribution in [1.29, 1.82) is 0 Å². The predicted molar refractivity (Wildman–Crippen MR) is 76.5 cm³/mol. The Bertz CT molecular complexity index is 307. The molecule has 1 aromatic rings. The average molecular weight is 280 g/mol. The minimum absolute atomic E-state index is 0.122. The molecule has 0 bridgehead atoms. The van der Waals surface area contributed by atoms with E-state index in [1.54, 1.807) is 0 Å². The van der Waals surface area contributed by atoms with Crippen molar-refractivity contribution in [3.63, 3.8) is 0 Å². The molecule has 0 atom stereocenters. The summed E-state index contributed by atoms with van der Waals surface area (Å²) in [7, 11) is 0. The highest BCUT2D eigenvalue weighted by atomic mass is 19.4. The SMILES string of the molecule is CC.CC.CCC.Cc1cc(C(F)(F)F)ccc1O. The van der Waals surface area contributed by atoms with Crippen molar-refractivity contribution in [2.45, 2.75) is 61.1 Å². The standard InChI is InChI=1S/C8H7F3O.C3H8.2C2H6/c1-5-4-6(8(9,10)11)2-3-7(5)12;1-3-2;2*1-2/h2-4,12H,1H3;3H2,1-2H3;2*1-2H3. The summed E-state index contributed by atoms with van der Waals surface area (Å²) in [6, 6.07) is 2.80. The van der Waals surface area contributed by atoms with Gasteiger partial charge in [0.15, 0.2) is 0 Å². The predicted octanol–water partition coefficient (Wildman–Crippen LogP) is 6.19. The van der Waals surface area contributed by atoms with E-state index in [0.717, 1.165) is 18.2 Å². The van der Waals surface area contributed by atoms with Crippen LogP contribution in [0.4, 0.5) is 13.2 Å². The highest BCUT2D eigenvalue weighted by molar-refractivity contribution is 5.35. The van der Waals surface area contributed by atoms with Gasteiger partial charge in [0.2, 0.25) is 0 Å². The molecular formula is C15H27F3O. The number of rotatable bonds is 0. The van der Waals surface area contributed by atoms with E-state index in [0.29, 0.717) is 0 Å².